The molecule has 0 bridgehead atoms. The van der Waals surface area contributed by atoms with Crippen LogP contribution in [0, 0.1) is 11.7 Å². The summed E-state index contributed by atoms with van der Waals surface area (Å²) in [5.74, 6) is -0.643. The molecule has 3 rings (SSSR count). The molecule has 6 heteroatoms. The molecule has 1 amide bonds. The molecule has 0 radical (unpaired) electrons. The molecule has 116 valence electrons. The number of hydrogen-bond acceptors (Lipinski definition) is 3. The number of likely N-dealkylation sites (tertiary alicyclic amines) is 1. The quantitative estimate of drug-likeness (QED) is 0.883. The number of aliphatic hydroxyl groups is 1. The Kier molecular flexibility index (Phi) is 3.94. The number of halogens is 1. The number of aromatic amines is 1. The van der Waals surface area contributed by atoms with Gasteiger partial charge in [0, 0.05) is 31.1 Å². The third kappa shape index (κ3) is 2.74. The topological polar surface area (TPSA) is 73.4 Å². The minimum Gasteiger partial charge on any atom is -0.396 e. The van der Waals surface area contributed by atoms with Crippen molar-refractivity contribution in [2.45, 2.75) is 12.8 Å². The molecule has 1 unspecified atom stereocenters. The molecule has 0 saturated carbocycles. The summed E-state index contributed by atoms with van der Waals surface area (Å²) in [5, 5.41) is 9.80. The van der Waals surface area contributed by atoms with E-state index >= 15 is 0 Å². The van der Waals surface area contributed by atoms with E-state index in [0.717, 1.165) is 12.8 Å². The predicted molar refractivity (Wildman–Crippen MR) is 80.2 cm³/mol. The highest BCUT2D eigenvalue weighted by atomic mass is 19.1. The second-order valence-corrected chi connectivity index (χ2v) is 5.68. The molecule has 1 saturated heterocycles. The summed E-state index contributed by atoms with van der Waals surface area (Å²) in [4.78, 5) is 28.6. The van der Waals surface area contributed by atoms with Crippen molar-refractivity contribution in [1.82, 2.24) is 9.88 Å². The zero-order valence-electron chi connectivity index (χ0n) is 12.0. The van der Waals surface area contributed by atoms with Gasteiger partial charge in [0.15, 0.2) is 0 Å². The Bertz CT molecular complexity index is 772. The molecule has 5 nitrogen and oxygen atoms in total. The van der Waals surface area contributed by atoms with Crippen molar-refractivity contribution in [3.63, 3.8) is 0 Å². The summed E-state index contributed by atoms with van der Waals surface area (Å²) >= 11 is 0. The molecule has 22 heavy (non-hydrogen) atoms. The minimum absolute atomic E-state index is 0.0467. The molecular weight excluding hydrogens is 287 g/mol. The molecule has 1 aromatic carbocycles. The van der Waals surface area contributed by atoms with E-state index in [2.05, 4.69) is 4.98 Å². The van der Waals surface area contributed by atoms with Crippen LogP contribution in [-0.2, 0) is 0 Å². The number of carbonyl (C=O) groups excluding carboxylic acids is 1. The number of aliphatic hydroxyl groups excluding tert-OH is 1. The van der Waals surface area contributed by atoms with Gasteiger partial charge in [-0.1, -0.05) is 0 Å². The van der Waals surface area contributed by atoms with Gasteiger partial charge in [-0.05, 0) is 37.0 Å². The van der Waals surface area contributed by atoms with Gasteiger partial charge in [-0.2, -0.15) is 0 Å². The number of nitrogens with zero attached hydrogens (tertiary/aromatic N) is 1. The number of nitrogens with one attached hydrogen (secondary N) is 1. The highest BCUT2D eigenvalue weighted by Crippen LogP contribution is 2.22. The van der Waals surface area contributed by atoms with Crippen LogP contribution in [0.3, 0.4) is 0 Å². The average molecular weight is 304 g/mol. The molecule has 1 aliphatic heterocycles. The van der Waals surface area contributed by atoms with Crippen molar-refractivity contribution < 1.29 is 14.3 Å². The lowest BCUT2D eigenvalue weighted by Crippen LogP contribution is -2.41. The van der Waals surface area contributed by atoms with E-state index in [0.29, 0.717) is 24.0 Å². The van der Waals surface area contributed by atoms with Gasteiger partial charge in [-0.3, -0.25) is 9.59 Å². The highest BCUT2D eigenvalue weighted by molar-refractivity contribution is 6.06. The van der Waals surface area contributed by atoms with Gasteiger partial charge < -0.3 is 15.0 Å². The van der Waals surface area contributed by atoms with Crippen LogP contribution in [0.15, 0.2) is 29.1 Å². The van der Waals surface area contributed by atoms with Gasteiger partial charge in [0.2, 0.25) is 5.56 Å². The second-order valence-electron chi connectivity index (χ2n) is 5.68. The van der Waals surface area contributed by atoms with Crippen LogP contribution in [0.1, 0.15) is 23.2 Å². The molecule has 1 fully saturated rings. The van der Waals surface area contributed by atoms with Crippen molar-refractivity contribution in [3.05, 3.63) is 46.0 Å². The lowest BCUT2D eigenvalue weighted by molar-refractivity contribution is 0.0622. The molecule has 1 aromatic heterocycles. The molecule has 0 aliphatic carbocycles. The third-order valence-electron chi connectivity index (χ3n) is 4.10. The number of pyridine rings is 1. The Morgan fingerprint density at radius 1 is 1.41 bits per heavy atom. The number of hydrogen-bond donors (Lipinski definition) is 2. The predicted octanol–water partition coefficient (Wildman–Crippen LogP) is 1.51. The summed E-state index contributed by atoms with van der Waals surface area (Å²) in [6.07, 6.45) is 1.72. The van der Waals surface area contributed by atoms with Gasteiger partial charge in [0.25, 0.3) is 5.91 Å². The number of piperidine rings is 1. The first-order valence-corrected chi connectivity index (χ1v) is 7.31. The molecule has 0 spiro atoms. The molecular formula is C16H17FN2O3. The van der Waals surface area contributed by atoms with Gasteiger partial charge in [-0.25, -0.2) is 4.39 Å². The van der Waals surface area contributed by atoms with Crippen LogP contribution in [0.2, 0.25) is 0 Å². The van der Waals surface area contributed by atoms with E-state index in [9.17, 15) is 19.1 Å². The number of benzene rings is 1. The van der Waals surface area contributed by atoms with Crippen molar-refractivity contribution in [2.24, 2.45) is 5.92 Å². The summed E-state index contributed by atoms with van der Waals surface area (Å²) in [5.41, 5.74) is 0.154. The lowest BCUT2D eigenvalue weighted by Gasteiger charge is -2.32. The van der Waals surface area contributed by atoms with Crippen LogP contribution < -0.4 is 5.56 Å². The lowest BCUT2D eigenvalue weighted by atomic mass is 9.98. The maximum absolute atomic E-state index is 13.3. The summed E-state index contributed by atoms with van der Waals surface area (Å²) < 4.78 is 13.3. The average Bonchev–Trinajstić information content (AvgIpc) is 2.53. The number of H-pyrrole nitrogens is 1. The Morgan fingerprint density at radius 2 is 2.23 bits per heavy atom. The SMILES string of the molecule is O=C(c1cc(=O)[nH]c2cc(F)ccc12)N1CCCC(CO)C1. The first-order chi connectivity index (χ1) is 10.6. The largest absolute Gasteiger partial charge is 0.396 e. The van der Waals surface area contributed by atoms with Crippen LogP contribution in [-0.4, -0.2) is 40.6 Å². The standard InChI is InChI=1S/C16H17FN2O3/c17-11-3-4-12-13(7-15(21)18-14(12)6-11)16(22)19-5-1-2-10(8-19)9-20/h3-4,6-7,10,20H,1-2,5,8-9H2,(H,18,21). The molecule has 2 heterocycles. The Morgan fingerprint density at radius 3 is 3.00 bits per heavy atom. The van der Waals surface area contributed by atoms with Gasteiger partial charge in [0.05, 0.1) is 11.1 Å². The summed E-state index contributed by atoms with van der Waals surface area (Å²) in [6.45, 7) is 1.13. The molecule has 1 atom stereocenters. The van der Waals surface area contributed by atoms with Crippen molar-refractivity contribution in [3.8, 4) is 0 Å². The van der Waals surface area contributed by atoms with E-state index in [4.69, 9.17) is 0 Å². The Labute approximate surface area is 126 Å². The first kappa shape index (κ1) is 14.7. The zero-order chi connectivity index (χ0) is 15.7. The van der Waals surface area contributed by atoms with Gasteiger partial charge in [-0.15, -0.1) is 0 Å². The number of rotatable bonds is 2. The van der Waals surface area contributed by atoms with Crippen LogP contribution >= 0.6 is 0 Å². The smallest absolute Gasteiger partial charge is 0.254 e. The van der Waals surface area contributed by atoms with Crippen molar-refractivity contribution >= 4 is 16.8 Å². The number of amides is 1. The van der Waals surface area contributed by atoms with Gasteiger partial charge >= 0.3 is 0 Å². The van der Waals surface area contributed by atoms with E-state index in [-0.39, 0.29) is 24.0 Å². The fourth-order valence-electron chi connectivity index (χ4n) is 2.98. The number of carbonyl (C=O) groups is 1. The van der Waals surface area contributed by atoms with Crippen LogP contribution in [0.5, 0.6) is 0 Å². The van der Waals surface area contributed by atoms with E-state index in [1.165, 1.54) is 24.3 Å². The maximum atomic E-state index is 13.3. The van der Waals surface area contributed by atoms with Gasteiger partial charge in [0.1, 0.15) is 5.82 Å². The zero-order valence-corrected chi connectivity index (χ0v) is 12.0. The highest BCUT2D eigenvalue weighted by Gasteiger charge is 2.25. The van der Waals surface area contributed by atoms with E-state index in [1.807, 2.05) is 0 Å². The number of aromatic nitrogens is 1. The molecule has 2 aromatic rings. The maximum Gasteiger partial charge on any atom is 0.254 e. The van der Waals surface area contributed by atoms with E-state index in [1.54, 1.807) is 4.90 Å². The monoisotopic (exact) mass is 304 g/mol. The van der Waals surface area contributed by atoms with E-state index < -0.39 is 11.4 Å². The van der Waals surface area contributed by atoms with Crippen molar-refractivity contribution in [2.75, 3.05) is 19.7 Å². The summed E-state index contributed by atoms with van der Waals surface area (Å²) in [6, 6.07) is 5.23. The second kappa shape index (κ2) is 5.88. The van der Waals surface area contributed by atoms with Crippen molar-refractivity contribution in [1.29, 1.82) is 0 Å². The normalized spacial score (nSPS) is 18.6. The summed E-state index contributed by atoms with van der Waals surface area (Å²) in [7, 11) is 0. The number of fused-ring (bicyclic) bond motifs is 1. The fraction of sp³-hybridized carbons (Fsp3) is 0.375. The molecule has 1 aliphatic rings. The van der Waals surface area contributed by atoms with Crippen LogP contribution in [0.25, 0.3) is 10.9 Å². The minimum atomic E-state index is -0.467. The third-order valence-corrected chi connectivity index (χ3v) is 4.10. The fourth-order valence-corrected chi connectivity index (χ4v) is 2.98. The Balaban J connectivity index is 2.02. The first-order valence-electron chi connectivity index (χ1n) is 7.31. The molecule has 2 N–H and O–H groups in total. The Hall–Kier alpha value is -2.21. The van der Waals surface area contributed by atoms with Crippen LogP contribution in [0.4, 0.5) is 4.39 Å².